The molecule has 4 rings (SSSR count). The van der Waals surface area contributed by atoms with Crippen LogP contribution in [0.3, 0.4) is 0 Å². The van der Waals surface area contributed by atoms with Crippen molar-refractivity contribution in [2.24, 2.45) is 22.7 Å². The molecule has 0 spiro atoms. The van der Waals surface area contributed by atoms with E-state index < -0.39 is 57.9 Å². The van der Waals surface area contributed by atoms with Gasteiger partial charge in [0.15, 0.2) is 11.4 Å². The summed E-state index contributed by atoms with van der Waals surface area (Å²) in [4.78, 5) is 36.3. The fourth-order valence-corrected chi connectivity index (χ4v) is 7.94. The summed E-state index contributed by atoms with van der Waals surface area (Å²) in [6.45, 7) is 4.57. The van der Waals surface area contributed by atoms with Crippen LogP contribution in [0.25, 0.3) is 0 Å². The van der Waals surface area contributed by atoms with Crippen LogP contribution in [-0.4, -0.2) is 57.1 Å². The van der Waals surface area contributed by atoms with Gasteiger partial charge in [-0.3, -0.25) is 14.4 Å². The van der Waals surface area contributed by atoms with Gasteiger partial charge < -0.3 is 14.9 Å². The number of allylic oxidation sites excluding steroid dienone is 4. The van der Waals surface area contributed by atoms with Gasteiger partial charge in [0.2, 0.25) is 5.78 Å². The summed E-state index contributed by atoms with van der Waals surface area (Å²) in [7, 11) is 0. The molecule has 4 aliphatic rings. The fourth-order valence-electron chi connectivity index (χ4n) is 7.45. The Hall–Kier alpha value is -1.57. The van der Waals surface area contributed by atoms with Crippen molar-refractivity contribution in [1.29, 1.82) is 0 Å². The zero-order valence-corrected chi connectivity index (χ0v) is 20.0. The van der Waals surface area contributed by atoms with E-state index in [2.05, 4.69) is 0 Å². The lowest BCUT2D eigenvalue weighted by Crippen LogP contribution is -2.70. The predicted molar refractivity (Wildman–Crippen MR) is 119 cm³/mol. The van der Waals surface area contributed by atoms with Crippen molar-refractivity contribution < 1.29 is 33.7 Å². The van der Waals surface area contributed by atoms with Crippen LogP contribution in [0, 0.1) is 22.7 Å². The zero-order valence-electron chi connectivity index (χ0n) is 19.3. The SMILES string of the molecule is CCCC(=O)O[C@@]1(C(=O)CO)CC[C@H]2[C@@H]3CC(F)C4=CC(=O)C=C[C@]4(C)[C@@]3(Cl)[C@@H](O)C[C@@]21C. The summed E-state index contributed by atoms with van der Waals surface area (Å²) in [5.41, 5.74) is -3.44. The number of Topliss-reactive ketones (excluding diaryl/α,β-unsaturated/α-hetero) is 1. The molecule has 0 aromatic carbocycles. The normalized spacial score (nSPS) is 46.2. The van der Waals surface area contributed by atoms with E-state index in [-0.39, 0.29) is 43.0 Å². The topological polar surface area (TPSA) is 101 Å². The van der Waals surface area contributed by atoms with Crippen LogP contribution in [0.4, 0.5) is 4.39 Å². The van der Waals surface area contributed by atoms with Gasteiger partial charge in [-0.05, 0) is 61.7 Å². The third-order valence-electron chi connectivity index (χ3n) is 9.08. The minimum atomic E-state index is -1.60. The zero-order chi connectivity index (χ0) is 24.4. The molecule has 0 aromatic rings. The average molecular weight is 483 g/mol. The minimum absolute atomic E-state index is 0.00430. The van der Waals surface area contributed by atoms with E-state index in [0.29, 0.717) is 12.8 Å². The van der Waals surface area contributed by atoms with Gasteiger partial charge in [0.1, 0.15) is 12.8 Å². The number of aliphatic hydroxyl groups excluding tert-OH is 2. The van der Waals surface area contributed by atoms with E-state index in [1.165, 1.54) is 12.2 Å². The Morgan fingerprint density at radius 3 is 2.64 bits per heavy atom. The number of carbonyl (C=O) groups excluding carboxylic acids is 3. The van der Waals surface area contributed by atoms with Crippen LogP contribution in [0.5, 0.6) is 0 Å². The van der Waals surface area contributed by atoms with Crippen LogP contribution in [0.1, 0.15) is 59.3 Å². The van der Waals surface area contributed by atoms with Gasteiger partial charge in [-0.15, -0.1) is 11.6 Å². The number of hydrogen-bond donors (Lipinski definition) is 2. The number of halogens is 2. The fraction of sp³-hybridized carbons (Fsp3) is 0.720. The average Bonchev–Trinajstić information content (AvgIpc) is 3.04. The molecule has 0 radical (unpaired) electrons. The van der Waals surface area contributed by atoms with E-state index in [1.54, 1.807) is 19.9 Å². The van der Waals surface area contributed by atoms with Crippen molar-refractivity contribution in [2.75, 3.05) is 6.61 Å². The Kier molecular flexibility index (Phi) is 5.95. The first-order valence-corrected chi connectivity index (χ1v) is 12.1. The van der Waals surface area contributed by atoms with Gasteiger partial charge in [0.05, 0.1) is 11.0 Å². The molecule has 0 aliphatic heterocycles. The van der Waals surface area contributed by atoms with Gasteiger partial charge in [-0.1, -0.05) is 26.8 Å². The summed E-state index contributed by atoms with van der Waals surface area (Å²) < 4.78 is 21.4. The Bertz CT molecular complexity index is 947. The highest BCUT2D eigenvalue weighted by atomic mass is 35.5. The van der Waals surface area contributed by atoms with E-state index >= 15 is 4.39 Å². The van der Waals surface area contributed by atoms with Gasteiger partial charge in [0, 0.05) is 17.3 Å². The summed E-state index contributed by atoms with van der Waals surface area (Å²) in [5, 5.41) is 21.3. The molecule has 2 N–H and O–H groups in total. The number of ketones is 2. The Balaban J connectivity index is 1.82. The third kappa shape index (κ3) is 3.08. The molecule has 8 atom stereocenters. The van der Waals surface area contributed by atoms with E-state index in [1.807, 2.05) is 6.92 Å². The van der Waals surface area contributed by atoms with E-state index in [9.17, 15) is 24.6 Å². The highest BCUT2D eigenvalue weighted by Crippen LogP contribution is 2.71. The molecule has 182 valence electrons. The van der Waals surface area contributed by atoms with Crippen LogP contribution < -0.4 is 0 Å². The van der Waals surface area contributed by atoms with Gasteiger partial charge in [-0.2, -0.15) is 0 Å². The van der Waals surface area contributed by atoms with Crippen LogP contribution in [0.2, 0.25) is 0 Å². The number of hydrogen-bond acceptors (Lipinski definition) is 6. The van der Waals surface area contributed by atoms with Crippen LogP contribution in [-0.2, 0) is 19.1 Å². The highest BCUT2D eigenvalue weighted by molar-refractivity contribution is 6.26. The number of rotatable bonds is 5. The molecule has 4 aliphatic carbocycles. The number of alkyl halides is 2. The molecule has 8 heteroatoms. The first kappa shape index (κ1) is 24.6. The summed E-state index contributed by atoms with van der Waals surface area (Å²) >= 11 is 7.28. The maximum Gasteiger partial charge on any atom is 0.306 e. The monoisotopic (exact) mass is 482 g/mol. The molecule has 0 bridgehead atoms. The quantitative estimate of drug-likeness (QED) is 0.461. The first-order chi connectivity index (χ1) is 15.4. The van der Waals surface area contributed by atoms with E-state index in [4.69, 9.17) is 16.3 Å². The predicted octanol–water partition coefficient (Wildman–Crippen LogP) is 3.22. The molecular weight excluding hydrogens is 451 g/mol. The Labute approximate surface area is 198 Å². The number of aliphatic hydroxyl groups is 2. The summed E-state index contributed by atoms with van der Waals surface area (Å²) in [6.07, 6.45) is 2.99. The minimum Gasteiger partial charge on any atom is -0.450 e. The molecule has 0 amide bonds. The molecule has 3 fully saturated rings. The number of ether oxygens (including phenoxy) is 1. The van der Waals surface area contributed by atoms with Crippen molar-refractivity contribution in [3.05, 3.63) is 23.8 Å². The van der Waals surface area contributed by atoms with Crippen molar-refractivity contribution >= 4 is 29.1 Å². The molecule has 6 nitrogen and oxygen atoms in total. The van der Waals surface area contributed by atoms with Crippen molar-refractivity contribution in [1.82, 2.24) is 0 Å². The lowest BCUT2D eigenvalue weighted by atomic mass is 9.45. The first-order valence-electron chi connectivity index (χ1n) is 11.7. The second kappa shape index (κ2) is 7.99. The highest BCUT2D eigenvalue weighted by Gasteiger charge is 2.75. The maximum absolute atomic E-state index is 15.5. The molecule has 0 heterocycles. The number of fused-ring (bicyclic) bond motifs is 5. The molecular formula is C25H32ClFO6. The lowest BCUT2D eigenvalue weighted by Gasteiger charge is -2.64. The standard InChI is InChI=1S/C25H32ClFO6/c1-4-5-21(32)33-24(20(31)13-28)9-7-15-16-11-18(27)17-10-14(29)6-8-22(17,2)25(16,26)19(30)12-23(15,24)3/h6,8,10,15-16,18-19,28,30H,4-5,7,9,11-13H2,1-3H3/t15-,16-,18?,19-,22-,23-,24+,25-/m0/s1. The van der Waals surface area contributed by atoms with Crippen LogP contribution in [0.15, 0.2) is 23.8 Å². The van der Waals surface area contributed by atoms with Gasteiger partial charge in [0.25, 0.3) is 0 Å². The lowest BCUT2D eigenvalue weighted by molar-refractivity contribution is -0.198. The largest absolute Gasteiger partial charge is 0.450 e. The maximum atomic E-state index is 15.5. The van der Waals surface area contributed by atoms with Crippen molar-refractivity contribution in [3.63, 3.8) is 0 Å². The Morgan fingerprint density at radius 1 is 1.30 bits per heavy atom. The van der Waals surface area contributed by atoms with Crippen molar-refractivity contribution in [2.45, 2.75) is 82.0 Å². The molecule has 0 saturated heterocycles. The molecule has 33 heavy (non-hydrogen) atoms. The molecule has 3 saturated carbocycles. The van der Waals surface area contributed by atoms with Crippen LogP contribution >= 0.6 is 11.6 Å². The molecule has 0 aromatic heterocycles. The third-order valence-corrected chi connectivity index (χ3v) is 10.0. The summed E-state index contributed by atoms with van der Waals surface area (Å²) in [5.74, 6) is -2.31. The molecule has 1 unspecified atom stereocenters. The van der Waals surface area contributed by atoms with Crippen molar-refractivity contribution in [3.8, 4) is 0 Å². The number of carbonyl (C=O) groups is 3. The Morgan fingerprint density at radius 2 is 2.00 bits per heavy atom. The van der Waals surface area contributed by atoms with Gasteiger partial charge in [-0.25, -0.2) is 4.39 Å². The second-order valence-corrected chi connectivity index (χ2v) is 11.2. The second-order valence-electron chi connectivity index (χ2n) is 10.5. The smallest absolute Gasteiger partial charge is 0.306 e. The summed E-state index contributed by atoms with van der Waals surface area (Å²) in [6, 6.07) is 0. The van der Waals surface area contributed by atoms with E-state index in [0.717, 1.165) is 0 Å². The number of esters is 1. The van der Waals surface area contributed by atoms with Gasteiger partial charge >= 0.3 is 5.97 Å².